The van der Waals surface area contributed by atoms with Crippen LogP contribution in [0.4, 0.5) is 0 Å². The lowest BCUT2D eigenvalue weighted by molar-refractivity contribution is -0.134. The molecule has 2 aromatic rings. The number of ether oxygens (including phenoxy) is 2. The number of aliphatic hydroxyl groups excluding tert-OH is 2. The fraction of sp³-hybridized carbons (Fsp3) is 0.367. The number of hydrogen-bond donors (Lipinski definition) is 3. The molecule has 1 aliphatic carbocycles. The SMILES string of the molecule is CCC=CC(=O)N(Cc1ccc(C)cc1)[C@@H]1CC(C(=O)NCCO)=C[C@H](Oc2c(I)cc(C=O)cc2OC)[C@H]1O. The molecule has 0 bridgehead atoms. The minimum atomic E-state index is -1.20. The Morgan fingerprint density at radius 1 is 1.23 bits per heavy atom. The van der Waals surface area contributed by atoms with Crippen LogP contribution in [0.25, 0.3) is 0 Å². The van der Waals surface area contributed by atoms with E-state index in [1.165, 1.54) is 25.3 Å². The maximum absolute atomic E-state index is 13.4. The van der Waals surface area contributed by atoms with Crippen molar-refractivity contribution in [3.05, 3.63) is 80.5 Å². The lowest BCUT2D eigenvalue weighted by Gasteiger charge is -2.40. The van der Waals surface area contributed by atoms with E-state index in [0.29, 0.717) is 38.9 Å². The van der Waals surface area contributed by atoms with Gasteiger partial charge in [0.15, 0.2) is 11.5 Å². The highest BCUT2D eigenvalue weighted by Crippen LogP contribution is 2.37. The summed E-state index contributed by atoms with van der Waals surface area (Å²) in [6.45, 7) is 3.93. The molecule has 0 radical (unpaired) electrons. The third-order valence-corrected chi connectivity index (χ3v) is 7.31. The van der Waals surface area contributed by atoms with Crippen molar-refractivity contribution in [1.29, 1.82) is 0 Å². The van der Waals surface area contributed by atoms with E-state index >= 15 is 0 Å². The highest BCUT2D eigenvalue weighted by molar-refractivity contribution is 14.1. The maximum atomic E-state index is 13.4. The van der Waals surface area contributed by atoms with Crippen molar-refractivity contribution in [2.45, 2.75) is 51.5 Å². The molecule has 3 N–H and O–H groups in total. The standard InChI is InChI=1S/C30H35IN2O7/c1-4-5-6-27(36)33(17-20-9-7-19(2)8-10-20)24-15-22(30(38)32-11-12-34)16-25(28(24)37)40-29-23(31)13-21(18-35)14-26(29)39-3/h5-10,13-14,16,18,24-25,28,34,37H,4,11-12,15,17H2,1-3H3,(H,32,38)/t24-,25+,28+/m1/s1. The number of aliphatic hydroxyl groups is 2. The molecule has 0 fully saturated rings. The van der Waals surface area contributed by atoms with Crippen LogP contribution < -0.4 is 14.8 Å². The second-order valence-corrected chi connectivity index (χ2v) is 10.6. The molecule has 2 aromatic carbocycles. The van der Waals surface area contributed by atoms with Gasteiger partial charge in [0.2, 0.25) is 11.8 Å². The number of nitrogens with one attached hydrogen (secondary N) is 1. The highest BCUT2D eigenvalue weighted by Gasteiger charge is 2.40. The predicted molar refractivity (Wildman–Crippen MR) is 159 cm³/mol. The Morgan fingerprint density at radius 2 is 1.95 bits per heavy atom. The molecular formula is C30H35IN2O7. The van der Waals surface area contributed by atoms with E-state index < -0.39 is 24.2 Å². The van der Waals surface area contributed by atoms with Crippen LogP contribution in [0, 0.1) is 10.5 Å². The molecule has 0 saturated carbocycles. The number of carbonyl (C=O) groups excluding carboxylic acids is 3. The highest BCUT2D eigenvalue weighted by atomic mass is 127. The molecule has 40 heavy (non-hydrogen) atoms. The van der Waals surface area contributed by atoms with E-state index in [1.807, 2.05) is 60.7 Å². The first kappa shape index (κ1) is 31.3. The van der Waals surface area contributed by atoms with Gasteiger partial charge in [0.05, 0.1) is 23.3 Å². The Morgan fingerprint density at radius 3 is 2.58 bits per heavy atom. The Kier molecular flexibility index (Phi) is 11.7. The van der Waals surface area contributed by atoms with E-state index in [-0.39, 0.29) is 32.0 Å². The van der Waals surface area contributed by atoms with Gasteiger partial charge in [0, 0.05) is 30.6 Å². The van der Waals surface area contributed by atoms with E-state index in [9.17, 15) is 24.6 Å². The largest absolute Gasteiger partial charge is 0.493 e. The quantitative estimate of drug-likeness (QED) is 0.181. The monoisotopic (exact) mass is 662 g/mol. The van der Waals surface area contributed by atoms with Gasteiger partial charge in [-0.15, -0.1) is 0 Å². The number of nitrogens with zero attached hydrogens (tertiary/aromatic N) is 1. The number of aldehydes is 1. The number of amides is 2. The van der Waals surface area contributed by atoms with Gasteiger partial charge >= 0.3 is 0 Å². The number of aryl methyl sites for hydroxylation is 1. The molecule has 0 saturated heterocycles. The average molecular weight is 663 g/mol. The molecule has 214 valence electrons. The van der Waals surface area contributed by atoms with Crippen LogP contribution in [0.5, 0.6) is 11.5 Å². The van der Waals surface area contributed by atoms with Crippen LogP contribution in [-0.4, -0.2) is 71.7 Å². The third kappa shape index (κ3) is 7.92. The van der Waals surface area contributed by atoms with E-state index in [2.05, 4.69) is 5.32 Å². The molecule has 9 nitrogen and oxygen atoms in total. The Bertz CT molecular complexity index is 1260. The molecular weight excluding hydrogens is 627 g/mol. The Hall–Kier alpha value is -3.22. The summed E-state index contributed by atoms with van der Waals surface area (Å²) in [5.41, 5.74) is 2.66. The van der Waals surface area contributed by atoms with Crippen LogP contribution in [-0.2, 0) is 16.1 Å². The van der Waals surface area contributed by atoms with Gasteiger partial charge in [-0.1, -0.05) is 42.8 Å². The van der Waals surface area contributed by atoms with Gasteiger partial charge in [-0.2, -0.15) is 0 Å². The second kappa shape index (κ2) is 15.0. The zero-order chi connectivity index (χ0) is 29.2. The van der Waals surface area contributed by atoms with Gasteiger partial charge in [-0.05, 0) is 65.8 Å². The fourth-order valence-electron chi connectivity index (χ4n) is 4.40. The number of allylic oxidation sites excluding steroid dienone is 1. The first-order valence-electron chi connectivity index (χ1n) is 13.0. The molecule has 2 amide bonds. The zero-order valence-electron chi connectivity index (χ0n) is 22.8. The van der Waals surface area contributed by atoms with Crippen molar-refractivity contribution in [2.24, 2.45) is 0 Å². The summed E-state index contributed by atoms with van der Waals surface area (Å²) in [4.78, 5) is 39.4. The van der Waals surface area contributed by atoms with Gasteiger partial charge in [0.1, 0.15) is 18.5 Å². The van der Waals surface area contributed by atoms with Crippen molar-refractivity contribution >= 4 is 40.7 Å². The molecule has 10 heteroatoms. The van der Waals surface area contributed by atoms with Crippen LogP contribution in [0.15, 0.2) is 60.2 Å². The van der Waals surface area contributed by atoms with Crippen LogP contribution in [0.2, 0.25) is 0 Å². The van der Waals surface area contributed by atoms with Crippen molar-refractivity contribution in [1.82, 2.24) is 10.2 Å². The van der Waals surface area contributed by atoms with Crippen LogP contribution in [0.1, 0.15) is 41.3 Å². The normalized spacial score (nSPS) is 18.6. The number of halogens is 1. The first-order valence-corrected chi connectivity index (χ1v) is 14.1. The maximum Gasteiger partial charge on any atom is 0.247 e. The summed E-state index contributed by atoms with van der Waals surface area (Å²) in [6.07, 6.45) is 3.97. The Labute approximate surface area is 248 Å². The number of benzene rings is 2. The summed E-state index contributed by atoms with van der Waals surface area (Å²) < 4.78 is 12.3. The van der Waals surface area contributed by atoms with Crippen molar-refractivity contribution in [3.8, 4) is 11.5 Å². The van der Waals surface area contributed by atoms with Gasteiger partial charge in [-0.3, -0.25) is 14.4 Å². The molecule has 1 aliphatic rings. The van der Waals surface area contributed by atoms with E-state index in [0.717, 1.165) is 11.1 Å². The number of hydrogen-bond acceptors (Lipinski definition) is 7. The van der Waals surface area contributed by atoms with Crippen molar-refractivity contribution < 1.29 is 34.1 Å². The second-order valence-electron chi connectivity index (χ2n) is 9.43. The topological polar surface area (TPSA) is 125 Å². The average Bonchev–Trinajstić information content (AvgIpc) is 2.96. The minimum absolute atomic E-state index is 0.0546. The third-order valence-electron chi connectivity index (χ3n) is 6.51. The number of carbonyl (C=O) groups is 3. The van der Waals surface area contributed by atoms with E-state index in [4.69, 9.17) is 9.47 Å². The van der Waals surface area contributed by atoms with Gasteiger partial charge in [-0.25, -0.2) is 0 Å². The minimum Gasteiger partial charge on any atom is -0.493 e. The first-order chi connectivity index (χ1) is 19.2. The lowest BCUT2D eigenvalue weighted by Crippen LogP contribution is -2.54. The zero-order valence-corrected chi connectivity index (χ0v) is 25.0. The Balaban J connectivity index is 2.05. The summed E-state index contributed by atoms with van der Waals surface area (Å²) in [5.74, 6) is -0.136. The molecule has 0 unspecified atom stereocenters. The van der Waals surface area contributed by atoms with E-state index in [1.54, 1.807) is 17.0 Å². The summed E-state index contributed by atoms with van der Waals surface area (Å²) in [6, 6.07) is 10.1. The molecule has 0 spiro atoms. The summed E-state index contributed by atoms with van der Waals surface area (Å²) in [7, 11) is 1.44. The summed E-state index contributed by atoms with van der Waals surface area (Å²) in [5, 5.41) is 23.5. The number of methoxy groups -OCH3 is 1. The summed E-state index contributed by atoms with van der Waals surface area (Å²) >= 11 is 2.01. The molecule has 0 aliphatic heterocycles. The molecule has 0 heterocycles. The molecule has 0 aromatic heterocycles. The van der Waals surface area contributed by atoms with Crippen molar-refractivity contribution in [3.63, 3.8) is 0 Å². The van der Waals surface area contributed by atoms with Crippen molar-refractivity contribution in [2.75, 3.05) is 20.3 Å². The number of rotatable bonds is 12. The van der Waals surface area contributed by atoms with Gasteiger partial charge in [0.25, 0.3) is 0 Å². The predicted octanol–water partition coefficient (Wildman–Crippen LogP) is 3.33. The smallest absolute Gasteiger partial charge is 0.247 e. The van der Waals surface area contributed by atoms with Crippen LogP contribution in [0.3, 0.4) is 0 Å². The van der Waals surface area contributed by atoms with Gasteiger partial charge < -0.3 is 29.9 Å². The molecule has 3 rings (SSSR count). The fourth-order valence-corrected chi connectivity index (χ4v) is 5.15. The van der Waals surface area contributed by atoms with Crippen LogP contribution >= 0.6 is 22.6 Å². The lowest BCUT2D eigenvalue weighted by atomic mass is 9.87. The molecule has 3 atom stereocenters.